The van der Waals surface area contributed by atoms with Crippen LogP contribution < -0.4 is 0 Å². The predicted molar refractivity (Wildman–Crippen MR) is 81.3 cm³/mol. The van der Waals surface area contributed by atoms with Crippen LogP contribution in [0, 0.1) is 25.7 Å². The molecule has 2 aliphatic rings. The molecule has 1 aromatic heterocycles. The van der Waals surface area contributed by atoms with Crippen LogP contribution in [0.1, 0.15) is 23.4 Å². The third-order valence-corrected chi connectivity index (χ3v) is 5.07. The minimum Gasteiger partial charge on any atom is -0.375 e. The van der Waals surface area contributed by atoms with Crippen molar-refractivity contribution in [1.82, 2.24) is 15.0 Å². The number of aryl methyl sites for hydroxylation is 2. The Balaban J connectivity index is 1.59. The molecule has 0 N–H and O–H groups in total. The number of likely N-dealkylation sites (tertiary alicyclic amines) is 2. The molecular formula is C16H25N3O3. The van der Waals surface area contributed by atoms with Crippen molar-refractivity contribution >= 4 is 5.91 Å². The summed E-state index contributed by atoms with van der Waals surface area (Å²) in [6.45, 7) is 8.96. The van der Waals surface area contributed by atoms with Crippen molar-refractivity contribution in [2.45, 2.75) is 26.8 Å². The molecule has 1 aromatic rings. The lowest BCUT2D eigenvalue weighted by Crippen LogP contribution is -2.39. The lowest BCUT2D eigenvalue weighted by Gasteiger charge is -2.34. The number of rotatable bonds is 4. The summed E-state index contributed by atoms with van der Waals surface area (Å²) < 4.78 is 10.2. The highest BCUT2D eigenvalue weighted by Crippen LogP contribution is 2.32. The van der Waals surface area contributed by atoms with Gasteiger partial charge in [-0.3, -0.25) is 9.69 Å². The van der Waals surface area contributed by atoms with E-state index in [9.17, 15) is 4.79 Å². The molecule has 3 rings (SSSR count). The zero-order valence-corrected chi connectivity index (χ0v) is 13.7. The Hall–Kier alpha value is -1.40. The van der Waals surface area contributed by atoms with E-state index >= 15 is 0 Å². The fourth-order valence-electron chi connectivity index (χ4n) is 3.76. The minimum atomic E-state index is 0.120. The van der Waals surface area contributed by atoms with E-state index in [1.54, 1.807) is 7.11 Å². The van der Waals surface area contributed by atoms with E-state index in [1.807, 2.05) is 18.7 Å². The molecule has 2 fully saturated rings. The molecular weight excluding hydrogens is 282 g/mol. The molecule has 2 saturated heterocycles. The molecule has 0 radical (unpaired) electrons. The van der Waals surface area contributed by atoms with Gasteiger partial charge in [0.1, 0.15) is 12.4 Å². The van der Waals surface area contributed by atoms with Crippen LogP contribution >= 0.6 is 0 Å². The molecule has 0 saturated carbocycles. The number of ether oxygens (including phenoxy) is 1. The van der Waals surface area contributed by atoms with E-state index < -0.39 is 0 Å². The lowest BCUT2D eigenvalue weighted by atomic mass is 9.88. The third kappa shape index (κ3) is 3.03. The number of aromatic nitrogens is 1. The molecule has 2 atom stereocenters. The van der Waals surface area contributed by atoms with Crippen molar-refractivity contribution < 1.29 is 14.1 Å². The van der Waals surface area contributed by atoms with Gasteiger partial charge in [-0.05, 0) is 38.6 Å². The Morgan fingerprint density at radius 1 is 1.32 bits per heavy atom. The second-order valence-corrected chi connectivity index (χ2v) is 6.58. The quantitative estimate of drug-likeness (QED) is 0.837. The standard InChI is InChI=1S/C16H25N3O3/c1-11-15(12(2)22-17-11)9-18-5-4-13-7-19(8-14(13)6-18)16(20)10-21-3/h13-14H,4-10H2,1-3H3/t13-,14+/m1/s1. The van der Waals surface area contributed by atoms with Gasteiger partial charge >= 0.3 is 0 Å². The average molecular weight is 307 g/mol. The van der Waals surface area contributed by atoms with Crippen LogP contribution in [-0.4, -0.2) is 60.8 Å². The predicted octanol–water partition coefficient (Wildman–Crippen LogP) is 1.22. The van der Waals surface area contributed by atoms with Crippen molar-refractivity contribution in [3.05, 3.63) is 17.0 Å². The first-order chi connectivity index (χ1) is 10.6. The van der Waals surface area contributed by atoms with Crippen LogP contribution in [0.4, 0.5) is 0 Å². The molecule has 6 heteroatoms. The first-order valence-electron chi connectivity index (χ1n) is 7.99. The first-order valence-corrected chi connectivity index (χ1v) is 7.99. The van der Waals surface area contributed by atoms with Crippen LogP contribution in [0.15, 0.2) is 4.52 Å². The first kappa shape index (κ1) is 15.5. The highest BCUT2D eigenvalue weighted by atomic mass is 16.5. The van der Waals surface area contributed by atoms with Gasteiger partial charge in [-0.2, -0.15) is 0 Å². The SMILES string of the molecule is COCC(=O)N1C[C@H]2CCN(Cc3c(C)noc3C)C[C@H]2C1. The van der Waals surface area contributed by atoms with Crippen LogP contribution in [-0.2, 0) is 16.1 Å². The number of piperidine rings is 1. The van der Waals surface area contributed by atoms with E-state index in [0.717, 1.165) is 50.6 Å². The molecule has 0 aliphatic carbocycles. The third-order valence-electron chi connectivity index (χ3n) is 5.07. The summed E-state index contributed by atoms with van der Waals surface area (Å²) in [6, 6.07) is 0. The monoisotopic (exact) mass is 307 g/mol. The van der Waals surface area contributed by atoms with Gasteiger partial charge in [-0.25, -0.2) is 0 Å². The fourth-order valence-corrected chi connectivity index (χ4v) is 3.76. The van der Waals surface area contributed by atoms with Gasteiger partial charge in [0.05, 0.1) is 5.69 Å². The summed E-state index contributed by atoms with van der Waals surface area (Å²) in [5.41, 5.74) is 2.20. The van der Waals surface area contributed by atoms with Crippen molar-refractivity contribution in [2.24, 2.45) is 11.8 Å². The molecule has 1 amide bonds. The average Bonchev–Trinajstić information content (AvgIpc) is 3.05. The van der Waals surface area contributed by atoms with E-state index in [-0.39, 0.29) is 12.5 Å². The maximum absolute atomic E-state index is 12.0. The molecule has 122 valence electrons. The molecule has 22 heavy (non-hydrogen) atoms. The Morgan fingerprint density at radius 2 is 2.09 bits per heavy atom. The van der Waals surface area contributed by atoms with Gasteiger partial charge in [0, 0.05) is 38.9 Å². The maximum atomic E-state index is 12.0. The molecule has 6 nitrogen and oxygen atoms in total. The summed E-state index contributed by atoms with van der Waals surface area (Å²) in [5, 5.41) is 4.04. The molecule has 2 aliphatic heterocycles. The maximum Gasteiger partial charge on any atom is 0.248 e. The Morgan fingerprint density at radius 3 is 2.77 bits per heavy atom. The topological polar surface area (TPSA) is 58.8 Å². The number of nitrogens with zero attached hydrogens (tertiary/aromatic N) is 3. The van der Waals surface area contributed by atoms with Crippen molar-refractivity contribution in [3.63, 3.8) is 0 Å². The smallest absolute Gasteiger partial charge is 0.248 e. The van der Waals surface area contributed by atoms with Gasteiger partial charge in [0.25, 0.3) is 0 Å². The summed E-state index contributed by atoms with van der Waals surface area (Å²) in [7, 11) is 1.58. The van der Waals surface area contributed by atoms with Crippen molar-refractivity contribution in [2.75, 3.05) is 39.9 Å². The van der Waals surface area contributed by atoms with E-state index in [0.29, 0.717) is 11.8 Å². The summed E-state index contributed by atoms with van der Waals surface area (Å²) in [4.78, 5) is 16.4. The molecule has 0 spiro atoms. The van der Waals surface area contributed by atoms with Crippen LogP contribution in [0.2, 0.25) is 0 Å². The second kappa shape index (κ2) is 6.38. The second-order valence-electron chi connectivity index (χ2n) is 6.58. The van der Waals surface area contributed by atoms with Gasteiger partial charge < -0.3 is 14.2 Å². The van der Waals surface area contributed by atoms with Crippen LogP contribution in [0.25, 0.3) is 0 Å². The Bertz CT molecular complexity index is 523. The number of hydrogen-bond acceptors (Lipinski definition) is 5. The van der Waals surface area contributed by atoms with Crippen LogP contribution in [0.3, 0.4) is 0 Å². The van der Waals surface area contributed by atoms with E-state index in [4.69, 9.17) is 9.26 Å². The largest absolute Gasteiger partial charge is 0.375 e. The molecule has 3 heterocycles. The number of methoxy groups -OCH3 is 1. The van der Waals surface area contributed by atoms with Crippen LogP contribution in [0.5, 0.6) is 0 Å². The Kier molecular flexibility index (Phi) is 4.49. The zero-order chi connectivity index (χ0) is 15.7. The highest BCUT2D eigenvalue weighted by molar-refractivity contribution is 5.77. The highest BCUT2D eigenvalue weighted by Gasteiger charge is 2.38. The van der Waals surface area contributed by atoms with Gasteiger partial charge in [-0.15, -0.1) is 0 Å². The Labute approximate surface area is 131 Å². The zero-order valence-electron chi connectivity index (χ0n) is 13.7. The number of carbonyl (C=O) groups excluding carboxylic acids is 1. The minimum absolute atomic E-state index is 0.120. The van der Waals surface area contributed by atoms with Crippen molar-refractivity contribution in [1.29, 1.82) is 0 Å². The molecule has 0 aromatic carbocycles. The summed E-state index contributed by atoms with van der Waals surface area (Å²) >= 11 is 0. The van der Waals surface area contributed by atoms with Gasteiger partial charge in [-0.1, -0.05) is 5.16 Å². The lowest BCUT2D eigenvalue weighted by molar-refractivity contribution is -0.134. The van der Waals surface area contributed by atoms with E-state index in [1.165, 1.54) is 5.56 Å². The normalized spacial score (nSPS) is 25.5. The fraction of sp³-hybridized carbons (Fsp3) is 0.750. The van der Waals surface area contributed by atoms with Gasteiger partial charge in [0.15, 0.2) is 0 Å². The number of carbonyl (C=O) groups is 1. The number of hydrogen-bond donors (Lipinski definition) is 0. The summed E-state index contributed by atoms with van der Waals surface area (Å²) in [6.07, 6.45) is 1.16. The number of fused-ring (bicyclic) bond motifs is 1. The summed E-state index contributed by atoms with van der Waals surface area (Å²) in [5.74, 6) is 2.26. The van der Waals surface area contributed by atoms with E-state index in [2.05, 4.69) is 10.1 Å². The molecule has 0 bridgehead atoms. The van der Waals surface area contributed by atoms with Gasteiger partial charge in [0.2, 0.25) is 5.91 Å². The van der Waals surface area contributed by atoms with Crippen molar-refractivity contribution in [3.8, 4) is 0 Å². The number of amides is 1. The molecule has 0 unspecified atom stereocenters.